The van der Waals surface area contributed by atoms with Gasteiger partial charge < -0.3 is 16.0 Å². The lowest BCUT2D eigenvalue weighted by molar-refractivity contribution is -0.151. The van der Waals surface area contributed by atoms with Crippen molar-refractivity contribution in [3.63, 3.8) is 0 Å². The Balaban J connectivity index is 0. The van der Waals surface area contributed by atoms with Gasteiger partial charge in [0, 0.05) is 0 Å². The quantitative estimate of drug-likeness (QED) is 0.263. The number of esters is 1. The minimum atomic E-state index is -1.03. The number of hydrogen-bond donors (Lipinski definition) is 3. The minimum Gasteiger partial charge on any atom is -0.480 e. The molecule has 0 saturated carbocycles. The highest BCUT2D eigenvalue weighted by atomic mass is 16.5. The van der Waals surface area contributed by atoms with E-state index >= 15 is 0 Å². The molecule has 0 fully saturated rings. The second kappa shape index (κ2) is 16.1. The number of carbonyl (C=O) groups is 2. The molecular formula is C20H42N2O4. The molecule has 156 valence electrons. The van der Waals surface area contributed by atoms with Crippen molar-refractivity contribution in [1.29, 1.82) is 0 Å². The Morgan fingerprint density at radius 3 is 1.85 bits per heavy atom. The first-order valence-corrected chi connectivity index (χ1v) is 10.1. The zero-order valence-electron chi connectivity index (χ0n) is 17.4. The van der Waals surface area contributed by atoms with Gasteiger partial charge in [0.2, 0.25) is 0 Å². The number of carboxylic acid groups (broad SMARTS) is 1. The van der Waals surface area contributed by atoms with Crippen LogP contribution in [-0.4, -0.2) is 35.2 Å². The van der Waals surface area contributed by atoms with Crippen LogP contribution < -0.4 is 11.5 Å². The molecule has 0 aliphatic carbocycles. The van der Waals surface area contributed by atoms with Crippen molar-refractivity contribution < 1.29 is 19.4 Å². The number of carboxylic acids is 1. The van der Waals surface area contributed by atoms with Crippen molar-refractivity contribution >= 4 is 11.9 Å². The van der Waals surface area contributed by atoms with Gasteiger partial charge in [0.1, 0.15) is 11.6 Å². The summed E-state index contributed by atoms with van der Waals surface area (Å²) in [6.45, 7) is 8.63. The number of nitrogens with one attached hydrogen (secondary N) is 1. The van der Waals surface area contributed by atoms with Crippen LogP contribution >= 0.6 is 0 Å². The summed E-state index contributed by atoms with van der Waals surface area (Å²) in [5.41, 5.74) is -1.03. The Hall–Kier alpha value is -1.14. The smallest absolute Gasteiger partial charge is 0.323 e. The summed E-state index contributed by atoms with van der Waals surface area (Å²) in [5, 5.41) is 13.2. The van der Waals surface area contributed by atoms with Crippen LogP contribution in [0.5, 0.6) is 0 Å². The summed E-state index contributed by atoms with van der Waals surface area (Å²) < 4.78 is 5.38. The first kappa shape index (κ1) is 27.1. The van der Waals surface area contributed by atoms with Gasteiger partial charge in [-0.25, -0.2) is 0 Å². The van der Waals surface area contributed by atoms with E-state index in [1.807, 2.05) is 6.92 Å². The molecule has 6 heteroatoms. The average Bonchev–Trinajstić information content (AvgIpc) is 2.60. The Labute approximate surface area is 160 Å². The molecule has 0 spiro atoms. The van der Waals surface area contributed by atoms with Crippen LogP contribution in [0.15, 0.2) is 0 Å². The maximum atomic E-state index is 12.5. The van der Waals surface area contributed by atoms with Crippen LogP contribution in [0.1, 0.15) is 98.3 Å². The molecule has 0 rings (SSSR count). The van der Waals surface area contributed by atoms with Gasteiger partial charge in [-0.2, -0.15) is 0 Å². The molecule has 0 aromatic heterocycles. The SMILES string of the molecule is CCCCOC(=O)C(CCCC)NC(CCCC)(CCCC)C(=O)O.N. The van der Waals surface area contributed by atoms with Crippen LogP contribution in [0.3, 0.4) is 0 Å². The Morgan fingerprint density at radius 1 is 0.923 bits per heavy atom. The van der Waals surface area contributed by atoms with Gasteiger partial charge in [0.25, 0.3) is 0 Å². The molecule has 1 atom stereocenters. The molecule has 5 N–H and O–H groups in total. The van der Waals surface area contributed by atoms with Crippen LogP contribution in [0.4, 0.5) is 0 Å². The highest BCUT2D eigenvalue weighted by Gasteiger charge is 2.40. The van der Waals surface area contributed by atoms with E-state index in [1.165, 1.54) is 0 Å². The fourth-order valence-electron chi connectivity index (χ4n) is 2.91. The topological polar surface area (TPSA) is 111 Å². The summed E-state index contributed by atoms with van der Waals surface area (Å²) in [7, 11) is 0. The summed E-state index contributed by atoms with van der Waals surface area (Å²) >= 11 is 0. The van der Waals surface area contributed by atoms with Gasteiger partial charge in [0.05, 0.1) is 6.61 Å². The Morgan fingerprint density at radius 2 is 1.42 bits per heavy atom. The zero-order chi connectivity index (χ0) is 19.1. The maximum Gasteiger partial charge on any atom is 0.323 e. The average molecular weight is 375 g/mol. The van der Waals surface area contributed by atoms with E-state index in [1.54, 1.807) is 0 Å². The fraction of sp³-hybridized carbons (Fsp3) is 0.900. The van der Waals surface area contributed by atoms with Gasteiger partial charge >= 0.3 is 11.9 Å². The Kier molecular flexibility index (Phi) is 16.7. The number of aliphatic carboxylic acids is 1. The standard InChI is InChI=1S/C20H39NO4.H3N/c1-5-9-13-17(18(22)25-16-12-8-4)21-20(19(23)24,14-10-6-2)15-11-7-3;/h17,21H,5-16H2,1-4H3,(H,23,24);1H3. The lowest BCUT2D eigenvalue weighted by Gasteiger charge is -2.34. The van der Waals surface area contributed by atoms with Crippen LogP contribution in [-0.2, 0) is 14.3 Å². The van der Waals surface area contributed by atoms with Crippen LogP contribution in [0, 0.1) is 0 Å². The molecule has 0 amide bonds. The molecule has 0 saturated heterocycles. The zero-order valence-corrected chi connectivity index (χ0v) is 17.4. The minimum absolute atomic E-state index is 0. The van der Waals surface area contributed by atoms with Gasteiger partial charge in [-0.3, -0.25) is 14.9 Å². The number of carbonyl (C=O) groups excluding carboxylic acids is 1. The fourth-order valence-corrected chi connectivity index (χ4v) is 2.91. The van der Waals surface area contributed by atoms with Gasteiger partial charge in [-0.15, -0.1) is 0 Å². The third-order valence-electron chi connectivity index (χ3n) is 4.65. The largest absolute Gasteiger partial charge is 0.480 e. The number of hydrogen-bond acceptors (Lipinski definition) is 5. The molecule has 26 heavy (non-hydrogen) atoms. The molecule has 0 aromatic rings. The molecule has 0 aromatic carbocycles. The lowest BCUT2D eigenvalue weighted by Crippen LogP contribution is -2.58. The van der Waals surface area contributed by atoms with Crippen molar-refractivity contribution in [2.24, 2.45) is 0 Å². The van der Waals surface area contributed by atoms with E-state index in [-0.39, 0.29) is 12.1 Å². The molecule has 0 aliphatic heterocycles. The number of rotatable bonds is 16. The van der Waals surface area contributed by atoms with Gasteiger partial charge in [0.15, 0.2) is 0 Å². The lowest BCUT2D eigenvalue weighted by atomic mass is 9.85. The number of unbranched alkanes of at least 4 members (excludes halogenated alkanes) is 4. The van der Waals surface area contributed by atoms with Gasteiger partial charge in [-0.1, -0.05) is 72.6 Å². The summed E-state index contributed by atoms with van der Waals surface area (Å²) in [6, 6.07) is -0.540. The van der Waals surface area contributed by atoms with E-state index in [0.29, 0.717) is 25.9 Å². The predicted molar refractivity (Wildman–Crippen MR) is 107 cm³/mol. The molecule has 0 aliphatic rings. The van der Waals surface area contributed by atoms with E-state index in [4.69, 9.17) is 4.74 Å². The van der Waals surface area contributed by atoms with E-state index < -0.39 is 17.6 Å². The van der Waals surface area contributed by atoms with Crippen LogP contribution in [0.2, 0.25) is 0 Å². The van der Waals surface area contributed by atoms with Gasteiger partial charge in [-0.05, 0) is 25.7 Å². The second-order valence-corrected chi connectivity index (χ2v) is 6.95. The van der Waals surface area contributed by atoms with Crippen molar-refractivity contribution in [3.05, 3.63) is 0 Å². The highest BCUT2D eigenvalue weighted by molar-refractivity contribution is 5.81. The summed E-state index contributed by atoms with van der Waals surface area (Å²) in [6.07, 6.45) is 8.87. The monoisotopic (exact) mass is 374 g/mol. The molecule has 0 heterocycles. The van der Waals surface area contributed by atoms with E-state index in [2.05, 4.69) is 26.1 Å². The normalized spacial score (nSPS) is 12.3. The van der Waals surface area contributed by atoms with E-state index in [0.717, 1.165) is 51.4 Å². The Bertz CT molecular complexity index is 367. The van der Waals surface area contributed by atoms with E-state index in [9.17, 15) is 14.7 Å². The van der Waals surface area contributed by atoms with Crippen molar-refractivity contribution in [2.75, 3.05) is 6.61 Å². The summed E-state index contributed by atoms with van der Waals surface area (Å²) in [4.78, 5) is 24.6. The molecule has 0 radical (unpaired) electrons. The van der Waals surface area contributed by atoms with Crippen molar-refractivity contribution in [3.8, 4) is 0 Å². The second-order valence-electron chi connectivity index (χ2n) is 6.95. The van der Waals surface area contributed by atoms with Crippen molar-refractivity contribution in [2.45, 2.75) is 110 Å². The number of ether oxygens (including phenoxy) is 1. The predicted octanol–water partition coefficient (Wildman–Crippen LogP) is 4.84. The maximum absolute atomic E-state index is 12.5. The van der Waals surface area contributed by atoms with Crippen LogP contribution in [0.25, 0.3) is 0 Å². The first-order chi connectivity index (χ1) is 12.0. The molecule has 0 bridgehead atoms. The third kappa shape index (κ3) is 10.1. The molecule has 6 nitrogen and oxygen atoms in total. The van der Waals surface area contributed by atoms with Crippen molar-refractivity contribution in [1.82, 2.24) is 11.5 Å². The highest BCUT2D eigenvalue weighted by Crippen LogP contribution is 2.24. The molecule has 1 unspecified atom stereocenters. The third-order valence-corrected chi connectivity index (χ3v) is 4.65. The molecular weight excluding hydrogens is 332 g/mol. The summed E-state index contributed by atoms with van der Waals surface area (Å²) in [5.74, 6) is -1.15. The first-order valence-electron chi connectivity index (χ1n) is 10.1.